The van der Waals surface area contributed by atoms with E-state index >= 15 is 0 Å². The molecule has 1 aromatic rings. The highest BCUT2D eigenvalue weighted by Crippen LogP contribution is 2.09. The number of carbonyl (C=O) groups is 1. The molecule has 2 heterocycles. The lowest BCUT2D eigenvalue weighted by atomic mass is 10.3. The molecule has 0 aliphatic carbocycles. The van der Waals surface area contributed by atoms with Gasteiger partial charge < -0.3 is 9.84 Å². The molecular weight excluding hydrogens is 214 g/mol. The van der Waals surface area contributed by atoms with Crippen molar-refractivity contribution in [3.05, 3.63) is 17.5 Å². The Morgan fingerprint density at radius 3 is 3.33 bits per heavy atom. The summed E-state index contributed by atoms with van der Waals surface area (Å²) in [5.74, 6) is 2.39. The zero-order valence-corrected chi connectivity index (χ0v) is 9.26. The molecule has 1 atom stereocenters. The van der Waals surface area contributed by atoms with Crippen LogP contribution in [0, 0.1) is 6.92 Å². The van der Waals surface area contributed by atoms with Crippen molar-refractivity contribution in [1.82, 2.24) is 15.8 Å². The van der Waals surface area contributed by atoms with E-state index in [0.29, 0.717) is 12.3 Å². The number of carbonyl (C=O) groups excluding carboxylic acids is 1. The summed E-state index contributed by atoms with van der Waals surface area (Å²) in [5.41, 5.74) is 0.828. The van der Waals surface area contributed by atoms with Crippen molar-refractivity contribution < 1.29 is 9.32 Å². The van der Waals surface area contributed by atoms with Crippen LogP contribution in [0.5, 0.6) is 0 Å². The first kappa shape index (κ1) is 10.5. The standard InChI is InChI=1S/C9H13N3O2S/c1-6-2-7(14-12-6)3-10-9(13)8-4-15-5-11-8/h2,8,11H,3-5H2,1H3,(H,10,13). The third-order valence-electron chi connectivity index (χ3n) is 2.15. The molecule has 1 amide bonds. The molecule has 5 nitrogen and oxygen atoms in total. The van der Waals surface area contributed by atoms with E-state index in [2.05, 4.69) is 15.8 Å². The fourth-order valence-electron chi connectivity index (χ4n) is 1.36. The third kappa shape index (κ3) is 2.73. The molecule has 1 fully saturated rings. The molecule has 82 valence electrons. The minimum absolute atomic E-state index is 0.0223. The predicted molar refractivity (Wildman–Crippen MR) is 57.3 cm³/mol. The Labute approximate surface area is 92.0 Å². The summed E-state index contributed by atoms with van der Waals surface area (Å²) < 4.78 is 4.99. The quantitative estimate of drug-likeness (QED) is 0.775. The Kier molecular flexibility index (Phi) is 3.27. The van der Waals surface area contributed by atoms with E-state index < -0.39 is 0 Å². The van der Waals surface area contributed by atoms with E-state index in [4.69, 9.17) is 4.52 Å². The highest BCUT2D eigenvalue weighted by atomic mass is 32.2. The summed E-state index contributed by atoms with van der Waals surface area (Å²) >= 11 is 1.73. The number of rotatable bonds is 3. The molecule has 15 heavy (non-hydrogen) atoms. The van der Waals surface area contributed by atoms with Gasteiger partial charge in [0, 0.05) is 17.7 Å². The van der Waals surface area contributed by atoms with E-state index in [1.54, 1.807) is 11.8 Å². The van der Waals surface area contributed by atoms with Gasteiger partial charge in [-0.25, -0.2) is 0 Å². The molecule has 0 saturated carbocycles. The highest BCUT2D eigenvalue weighted by molar-refractivity contribution is 7.99. The second-order valence-electron chi connectivity index (χ2n) is 3.42. The van der Waals surface area contributed by atoms with Crippen LogP contribution < -0.4 is 10.6 Å². The van der Waals surface area contributed by atoms with Crippen LogP contribution in [0.3, 0.4) is 0 Å². The summed E-state index contributed by atoms with van der Waals surface area (Å²) in [4.78, 5) is 11.6. The molecule has 0 aromatic carbocycles. The lowest BCUT2D eigenvalue weighted by molar-refractivity contribution is -0.122. The van der Waals surface area contributed by atoms with Crippen LogP contribution in [0.4, 0.5) is 0 Å². The number of hydrogen-bond donors (Lipinski definition) is 2. The Bertz CT molecular complexity index is 347. The largest absolute Gasteiger partial charge is 0.359 e. The fraction of sp³-hybridized carbons (Fsp3) is 0.556. The van der Waals surface area contributed by atoms with Gasteiger partial charge in [-0.1, -0.05) is 5.16 Å². The minimum Gasteiger partial charge on any atom is -0.359 e. The Balaban J connectivity index is 1.80. The lowest BCUT2D eigenvalue weighted by Crippen LogP contribution is -2.41. The second kappa shape index (κ2) is 4.67. The van der Waals surface area contributed by atoms with Gasteiger partial charge in [0.15, 0.2) is 5.76 Å². The van der Waals surface area contributed by atoms with Gasteiger partial charge in [-0.05, 0) is 6.92 Å². The highest BCUT2D eigenvalue weighted by Gasteiger charge is 2.22. The van der Waals surface area contributed by atoms with E-state index in [1.165, 1.54) is 0 Å². The van der Waals surface area contributed by atoms with Crippen LogP contribution in [0.15, 0.2) is 10.6 Å². The molecule has 6 heteroatoms. The van der Waals surface area contributed by atoms with Crippen molar-refractivity contribution in [3.8, 4) is 0 Å². The molecule has 2 rings (SSSR count). The van der Waals surface area contributed by atoms with Crippen LogP contribution in [0.25, 0.3) is 0 Å². The van der Waals surface area contributed by atoms with Gasteiger partial charge in [0.25, 0.3) is 0 Å². The first-order chi connectivity index (χ1) is 7.25. The summed E-state index contributed by atoms with van der Waals surface area (Å²) in [7, 11) is 0. The molecule has 0 radical (unpaired) electrons. The maximum absolute atomic E-state index is 11.6. The number of hydrogen-bond acceptors (Lipinski definition) is 5. The Hall–Kier alpha value is -1.01. The average molecular weight is 227 g/mol. The van der Waals surface area contributed by atoms with Crippen LogP contribution >= 0.6 is 11.8 Å². The Morgan fingerprint density at radius 1 is 1.87 bits per heavy atom. The van der Waals surface area contributed by atoms with Gasteiger partial charge >= 0.3 is 0 Å². The first-order valence-electron chi connectivity index (χ1n) is 4.77. The number of amides is 1. The van der Waals surface area contributed by atoms with Crippen LogP contribution in [0.1, 0.15) is 11.5 Å². The molecule has 1 aliphatic rings. The summed E-state index contributed by atoms with van der Waals surface area (Å²) in [5, 5.41) is 9.65. The normalized spacial score (nSPS) is 20.5. The number of thioether (sulfide) groups is 1. The van der Waals surface area contributed by atoms with Gasteiger partial charge in [0.1, 0.15) is 0 Å². The topological polar surface area (TPSA) is 67.2 Å². The van der Waals surface area contributed by atoms with E-state index in [9.17, 15) is 4.79 Å². The van der Waals surface area contributed by atoms with Gasteiger partial charge in [0.2, 0.25) is 5.91 Å². The van der Waals surface area contributed by atoms with Crippen molar-refractivity contribution in [1.29, 1.82) is 0 Å². The average Bonchev–Trinajstić information content (AvgIpc) is 2.84. The van der Waals surface area contributed by atoms with Gasteiger partial charge in [0.05, 0.1) is 18.3 Å². The zero-order valence-electron chi connectivity index (χ0n) is 8.45. The van der Waals surface area contributed by atoms with Crippen molar-refractivity contribution in [2.45, 2.75) is 19.5 Å². The van der Waals surface area contributed by atoms with E-state index in [1.807, 2.05) is 13.0 Å². The molecule has 1 aliphatic heterocycles. The lowest BCUT2D eigenvalue weighted by Gasteiger charge is -2.08. The maximum Gasteiger partial charge on any atom is 0.238 e. The van der Waals surface area contributed by atoms with E-state index in [-0.39, 0.29) is 11.9 Å². The molecular formula is C9H13N3O2S. The Morgan fingerprint density at radius 2 is 2.73 bits per heavy atom. The molecule has 1 aromatic heterocycles. The smallest absolute Gasteiger partial charge is 0.238 e. The van der Waals surface area contributed by atoms with Gasteiger partial charge in [-0.3, -0.25) is 10.1 Å². The first-order valence-corrected chi connectivity index (χ1v) is 5.92. The number of aryl methyl sites for hydroxylation is 1. The predicted octanol–water partition coefficient (Wildman–Crippen LogP) is 0.262. The molecule has 1 unspecified atom stereocenters. The van der Waals surface area contributed by atoms with Gasteiger partial charge in [-0.2, -0.15) is 0 Å². The van der Waals surface area contributed by atoms with Crippen LogP contribution in [0.2, 0.25) is 0 Å². The summed E-state index contributed by atoms with van der Waals surface area (Å²) in [6.07, 6.45) is 0. The van der Waals surface area contributed by atoms with Crippen molar-refractivity contribution in [3.63, 3.8) is 0 Å². The van der Waals surface area contributed by atoms with Crippen molar-refractivity contribution in [2.24, 2.45) is 0 Å². The molecule has 1 saturated heterocycles. The number of nitrogens with one attached hydrogen (secondary N) is 2. The third-order valence-corrected chi connectivity index (χ3v) is 3.09. The number of aromatic nitrogens is 1. The fourth-order valence-corrected chi connectivity index (χ4v) is 2.30. The SMILES string of the molecule is Cc1cc(CNC(=O)C2CSCN2)on1. The van der Waals surface area contributed by atoms with Crippen molar-refractivity contribution >= 4 is 17.7 Å². The van der Waals surface area contributed by atoms with Crippen molar-refractivity contribution in [2.75, 3.05) is 11.6 Å². The van der Waals surface area contributed by atoms with Crippen LogP contribution in [-0.2, 0) is 11.3 Å². The summed E-state index contributed by atoms with van der Waals surface area (Å²) in [6.45, 7) is 2.26. The van der Waals surface area contributed by atoms with Crippen LogP contribution in [-0.4, -0.2) is 28.7 Å². The maximum atomic E-state index is 11.6. The molecule has 0 spiro atoms. The zero-order chi connectivity index (χ0) is 10.7. The minimum atomic E-state index is -0.0704. The number of nitrogens with zero attached hydrogens (tertiary/aromatic N) is 1. The molecule has 2 N–H and O–H groups in total. The monoisotopic (exact) mass is 227 g/mol. The second-order valence-corrected chi connectivity index (χ2v) is 4.45. The summed E-state index contributed by atoms with van der Waals surface area (Å²) in [6, 6.07) is 1.75. The molecule has 0 bridgehead atoms. The van der Waals surface area contributed by atoms with Gasteiger partial charge in [-0.15, -0.1) is 11.8 Å². The van der Waals surface area contributed by atoms with E-state index in [0.717, 1.165) is 17.3 Å².